The van der Waals surface area contributed by atoms with Crippen molar-refractivity contribution in [3.8, 4) is 5.75 Å². The van der Waals surface area contributed by atoms with Gasteiger partial charge in [-0.3, -0.25) is 4.79 Å². The number of carbonyl (C=O) groups is 3. The van der Waals surface area contributed by atoms with Crippen molar-refractivity contribution in [2.24, 2.45) is 0 Å². The smallest absolute Gasteiger partial charge is 0.408 e. The molecule has 7 nitrogen and oxygen atoms in total. The summed E-state index contributed by atoms with van der Waals surface area (Å²) in [6.07, 6.45) is -1.07. The summed E-state index contributed by atoms with van der Waals surface area (Å²) in [6.45, 7) is 5.08. The van der Waals surface area contributed by atoms with Crippen LogP contribution >= 0.6 is 0 Å². The van der Waals surface area contributed by atoms with Gasteiger partial charge in [-0.25, -0.2) is 9.59 Å². The summed E-state index contributed by atoms with van der Waals surface area (Å²) in [6, 6.07) is 5.49. The van der Waals surface area contributed by atoms with Crippen LogP contribution in [0.2, 0.25) is 0 Å². The van der Waals surface area contributed by atoms with Gasteiger partial charge in [0.05, 0.1) is 19.8 Å². The number of carbonyl (C=O) groups excluding carboxylic acids is 3. The predicted octanol–water partition coefficient (Wildman–Crippen LogP) is 2.33. The second-order valence-electron chi connectivity index (χ2n) is 6.05. The van der Waals surface area contributed by atoms with E-state index in [1.807, 2.05) is 0 Å². The average Bonchev–Trinajstić information content (AvgIpc) is 2.51. The lowest BCUT2D eigenvalue weighted by Gasteiger charge is -2.22. The molecule has 0 aliphatic rings. The molecular weight excluding hydrogens is 314 g/mol. The van der Waals surface area contributed by atoms with Crippen LogP contribution in [0.1, 0.15) is 37.6 Å². The van der Waals surface area contributed by atoms with Gasteiger partial charge in [0.1, 0.15) is 17.4 Å². The number of alkyl carbamates (subject to hydrolysis) is 1. The summed E-state index contributed by atoms with van der Waals surface area (Å²) in [4.78, 5) is 36.2. The van der Waals surface area contributed by atoms with Crippen LogP contribution < -0.4 is 10.1 Å². The maximum atomic E-state index is 12.4. The van der Waals surface area contributed by atoms with Gasteiger partial charge in [-0.1, -0.05) is 12.1 Å². The number of rotatable bonds is 6. The minimum absolute atomic E-state index is 0.272. The van der Waals surface area contributed by atoms with E-state index in [1.165, 1.54) is 14.2 Å². The van der Waals surface area contributed by atoms with E-state index < -0.39 is 23.7 Å². The first-order valence-corrected chi connectivity index (χ1v) is 7.41. The Morgan fingerprint density at radius 1 is 1.12 bits per heavy atom. The van der Waals surface area contributed by atoms with E-state index in [0.717, 1.165) is 0 Å². The van der Waals surface area contributed by atoms with Gasteiger partial charge in [-0.05, 0) is 32.9 Å². The van der Waals surface area contributed by atoms with Crippen LogP contribution in [0.25, 0.3) is 0 Å². The fraction of sp³-hybridized carbons (Fsp3) is 0.471. The average molecular weight is 337 g/mol. The van der Waals surface area contributed by atoms with E-state index >= 15 is 0 Å². The first-order chi connectivity index (χ1) is 11.2. The zero-order valence-electron chi connectivity index (χ0n) is 14.5. The number of methoxy groups -OCH3 is 2. The van der Waals surface area contributed by atoms with Gasteiger partial charge in [0.15, 0.2) is 5.78 Å². The SMILES string of the molecule is COC(=O)[C@H](CC(=O)c1ccccc1OC)NC(=O)OC(C)(C)C. The number of ketones is 1. The van der Waals surface area contributed by atoms with E-state index in [-0.39, 0.29) is 12.2 Å². The molecule has 0 aliphatic heterocycles. The molecule has 0 aliphatic carbocycles. The molecular formula is C17H23NO6. The summed E-state index contributed by atoms with van der Waals surface area (Å²) in [5, 5.41) is 2.37. The molecule has 7 heteroatoms. The molecule has 1 atom stereocenters. The lowest BCUT2D eigenvalue weighted by molar-refractivity contribution is -0.143. The number of benzene rings is 1. The van der Waals surface area contributed by atoms with Crippen molar-refractivity contribution in [2.45, 2.75) is 38.8 Å². The fourth-order valence-corrected chi connectivity index (χ4v) is 1.96. The van der Waals surface area contributed by atoms with E-state index in [0.29, 0.717) is 11.3 Å². The van der Waals surface area contributed by atoms with E-state index in [9.17, 15) is 14.4 Å². The third-order valence-corrected chi connectivity index (χ3v) is 2.97. The maximum Gasteiger partial charge on any atom is 0.408 e. The van der Waals surface area contributed by atoms with Crippen molar-refractivity contribution in [3.63, 3.8) is 0 Å². The number of esters is 1. The summed E-state index contributed by atoms with van der Waals surface area (Å²) >= 11 is 0. The van der Waals surface area contributed by atoms with Crippen LogP contribution in [-0.4, -0.2) is 43.7 Å². The third kappa shape index (κ3) is 5.91. The van der Waals surface area contributed by atoms with Gasteiger partial charge in [0.2, 0.25) is 0 Å². The molecule has 1 amide bonds. The molecule has 0 unspecified atom stereocenters. The van der Waals surface area contributed by atoms with Crippen molar-refractivity contribution >= 4 is 17.8 Å². The second kappa shape index (κ2) is 8.33. The highest BCUT2D eigenvalue weighted by atomic mass is 16.6. The van der Waals surface area contributed by atoms with Crippen molar-refractivity contribution in [2.75, 3.05) is 14.2 Å². The topological polar surface area (TPSA) is 90.9 Å². The minimum atomic E-state index is -1.15. The first kappa shape index (κ1) is 19.5. The van der Waals surface area contributed by atoms with Gasteiger partial charge in [-0.2, -0.15) is 0 Å². The normalized spacial score (nSPS) is 12.0. The zero-order valence-corrected chi connectivity index (χ0v) is 14.5. The van der Waals surface area contributed by atoms with Crippen LogP contribution in [-0.2, 0) is 14.3 Å². The second-order valence-corrected chi connectivity index (χ2v) is 6.05. The molecule has 0 saturated carbocycles. The Morgan fingerprint density at radius 3 is 2.29 bits per heavy atom. The predicted molar refractivity (Wildman–Crippen MR) is 87.1 cm³/mol. The van der Waals surface area contributed by atoms with Gasteiger partial charge in [-0.15, -0.1) is 0 Å². The van der Waals surface area contributed by atoms with Crippen molar-refractivity contribution in [1.29, 1.82) is 0 Å². The molecule has 24 heavy (non-hydrogen) atoms. The van der Waals surface area contributed by atoms with E-state index in [4.69, 9.17) is 9.47 Å². The highest BCUT2D eigenvalue weighted by Gasteiger charge is 2.28. The highest BCUT2D eigenvalue weighted by molar-refractivity contribution is 6.01. The van der Waals surface area contributed by atoms with E-state index in [1.54, 1.807) is 45.0 Å². The highest BCUT2D eigenvalue weighted by Crippen LogP contribution is 2.20. The number of ether oxygens (including phenoxy) is 3. The van der Waals surface area contributed by atoms with Gasteiger partial charge < -0.3 is 19.5 Å². The van der Waals surface area contributed by atoms with Crippen molar-refractivity contribution in [3.05, 3.63) is 29.8 Å². The maximum absolute atomic E-state index is 12.4. The Balaban J connectivity index is 2.88. The number of amides is 1. The van der Waals surface area contributed by atoms with Crippen molar-refractivity contribution < 1.29 is 28.6 Å². The summed E-state index contributed by atoms with van der Waals surface area (Å²) < 4.78 is 14.9. The molecule has 0 bridgehead atoms. The Hall–Kier alpha value is -2.57. The van der Waals surface area contributed by atoms with Gasteiger partial charge in [0.25, 0.3) is 0 Å². The quantitative estimate of drug-likeness (QED) is 0.633. The molecule has 0 spiro atoms. The number of hydrogen-bond acceptors (Lipinski definition) is 6. The molecule has 132 valence electrons. The minimum Gasteiger partial charge on any atom is -0.496 e. The van der Waals surface area contributed by atoms with Gasteiger partial charge >= 0.3 is 12.1 Å². The Kier molecular flexibility index (Phi) is 6.76. The lowest BCUT2D eigenvalue weighted by Crippen LogP contribution is -2.45. The zero-order chi connectivity index (χ0) is 18.3. The van der Waals surface area contributed by atoms with Crippen LogP contribution in [0.5, 0.6) is 5.75 Å². The molecule has 0 aromatic heterocycles. The Morgan fingerprint density at radius 2 is 1.75 bits per heavy atom. The van der Waals surface area contributed by atoms with Crippen LogP contribution in [0.4, 0.5) is 4.79 Å². The molecule has 1 aromatic rings. The Labute approximate surface area is 141 Å². The summed E-state index contributed by atoms with van der Waals surface area (Å²) in [5.74, 6) is -0.702. The molecule has 0 saturated heterocycles. The third-order valence-electron chi connectivity index (χ3n) is 2.97. The largest absolute Gasteiger partial charge is 0.496 e. The van der Waals surface area contributed by atoms with Crippen LogP contribution in [0.15, 0.2) is 24.3 Å². The van der Waals surface area contributed by atoms with Crippen LogP contribution in [0.3, 0.4) is 0 Å². The number of nitrogens with one attached hydrogen (secondary N) is 1. The summed E-state index contributed by atoms with van der Waals surface area (Å²) in [7, 11) is 2.63. The number of hydrogen-bond donors (Lipinski definition) is 1. The monoisotopic (exact) mass is 337 g/mol. The molecule has 0 heterocycles. The molecule has 0 radical (unpaired) electrons. The van der Waals surface area contributed by atoms with Gasteiger partial charge in [0, 0.05) is 6.42 Å². The Bertz CT molecular complexity index is 605. The number of Topliss-reactive ketones (excluding diaryl/α,β-unsaturated/α-hetero) is 1. The summed E-state index contributed by atoms with van der Waals surface area (Å²) in [5.41, 5.74) is -0.405. The first-order valence-electron chi connectivity index (χ1n) is 7.41. The van der Waals surface area contributed by atoms with Crippen molar-refractivity contribution in [1.82, 2.24) is 5.32 Å². The standard InChI is InChI=1S/C17H23NO6/c1-17(2,3)24-16(21)18-12(15(20)23-5)10-13(19)11-8-6-7-9-14(11)22-4/h6-9,12H,10H2,1-5H3,(H,18,21)/t12-/m0/s1. The molecule has 0 fully saturated rings. The van der Waals surface area contributed by atoms with E-state index in [2.05, 4.69) is 10.1 Å². The number of para-hydroxylation sites is 1. The lowest BCUT2D eigenvalue weighted by atomic mass is 10.0. The fourth-order valence-electron chi connectivity index (χ4n) is 1.96. The molecule has 1 rings (SSSR count). The molecule has 1 N–H and O–H groups in total. The van der Waals surface area contributed by atoms with Crippen LogP contribution in [0, 0.1) is 0 Å². The molecule has 1 aromatic carbocycles.